The lowest BCUT2D eigenvalue weighted by molar-refractivity contribution is 0.0935. The first kappa shape index (κ1) is 23.3. The molecule has 0 aliphatic rings. The van der Waals surface area contributed by atoms with E-state index in [0.717, 1.165) is 11.8 Å². The smallest absolute Gasteiger partial charge is 0.251 e. The molecule has 0 spiro atoms. The van der Waals surface area contributed by atoms with E-state index in [1.807, 2.05) is 19.1 Å². The summed E-state index contributed by atoms with van der Waals surface area (Å²) in [5.41, 5.74) is 1.81. The van der Waals surface area contributed by atoms with Gasteiger partial charge in [0.15, 0.2) is 11.5 Å². The predicted octanol–water partition coefficient (Wildman–Crippen LogP) is 3.54. The number of ether oxygens (including phenoxy) is 2. The summed E-state index contributed by atoms with van der Waals surface area (Å²) in [5.74, 6) is 0.959. The zero-order valence-corrected chi connectivity index (χ0v) is 18.5. The Morgan fingerprint density at radius 1 is 1.13 bits per heavy atom. The van der Waals surface area contributed by atoms with E-state index < -0.39 is 10.0 Å². The lowest BCUT2D eigenvalue weighted by Gasteiger charge is -2.21. The molecule has 0 aromatic heterocycles. The average molecular weight is 433 g/mol. The van der Waals surface area contributed by atoms with E-state index in [1.54, 1.807) is 44.6 Å². The van der Waals surface area contributed by atoms with Gasteiger partial charge in [-0.2, -0.15) is 0 Å². The molecule has 1 amide bonds. The number of anilines is 1. The number of benzene rings is 2. The minimum atomic E-state index is -3.45. The summed E-state index contributed by atoms with van der Waals surface area (Å²) in [5, 5.41) is 3.01. The molecule has 8 heteroatoms. The van der Waals surface area contributed by atoms with Crippen LogP contribution in [-0.2, 0) is 10.0 Å². The second kappa shape index (κ2) is 10.2. The van der Waals surface area contributed by atoms with Crippen LogP contribution in [0.15, 0.2) is 55.1 Å². The van der Waals surface area contributed by atoms with Crippen LogP contribution in [0.4, 0.5) is 5.69 Å². The Morgan fingerprint density at radius 2 is 1.77 bits per heavy atom. The van der Waals surface area contributed by atoms with Crippen LogP contribution in [-0.4, -0.2) is 41.3 Å². The van der Waals surface area contributed by atoms with E-state index in [0.29, 0.717) is 29.2 Å². The SMILES string of the molecule is C=CCN(c1ccc(C(=O)N[C@H](CC)c2ccc(OC)c(OC)c2)cc1)S(C)(=O)=O. The summed E-state index contributed by atoms with van der Waals surface area (Å²) in [6, 6.07) is 11.7. The van der Waals surface area contributed by atoms with Gasteiger partial charge < -0.3 is 14.8 Å². The van der Waals surface area contributed by atoms with Gasteiger partial charge in [0, 0.05) is 5.56 Å². The van der Waals surface area contributed by atoms with E-state index in [4.69, 9.17) is 9.47 Å². The zero-order valence-electron chi connectivity index (χ0n) is 17.7. The van der Waals surface area contributed by atoms with Crippen molar-refractivity contribution in [2.24, 2.45) is 0 Å². The van der Waals surface area contributed by atoms with Crippen LogP contribution in [0.2, 0.25) is 0 Å². The van der Waals surface area contributed by atoms with Crippen molar-refractivity contribution in [1.29, 1.82) is 0 Å². The highest BCUT2D eigenvalue weighted by molar-refractivity contribution is 7.92. The van der Waals surface area contributed by atoms with Crippen molar-refractivity contribution in [3.8, 4) is 11.5 Å². The molecule has 0 heterocycles. The van der Waals surface area contributed by atoms with Gasteiger partial charge in [0.05, 0.1) is 38.7 Å². The highest BCUT2D eigenvalue weighted by Gasteiger charge is 2.19. The minimum absolute atomic E-state index is 0.154. The van der Waals surface area contributed by atoms with Crippen molar-refractivity contribution in [2.45, 2.75) is 19.4 Å². The largest absolute Gasteiger partial charge is 0.493 e. The molecule has 1 N–H and O–H groups in total. The molecule has 2 rings (SSSR count). The van der Waals surface area contributed by atoms with E-state index in [9.17, 15) is 13.2 Å². The van der Waals surface area contributed by atoms with Gasteiger partial charge in [-0.25, -0.2) is 8.42 Å². The molecule has 0 saturated carbocycles. The van der Waals surface area contributed by atoms with Gasteiger partial charge in [0.1, 0.15) is 0 Å². The first-order chi connectivity index (χ1) is 14.2. The maximum atomic E-state index is 12.8. The molecular weight excluding hydrogens is 404 g/mol. The van der Waals surface area contributed by atoms with Gasteiger partial charge in [-0.3, -0.25) is 9.10 Å². The van der Waals surface area contributed by atoms with E-state index in [2.05, 4.69) is 11.9 Å². The van der Waals surface area contributed by atoms with Crippen LogP contribution in [0.3, 0.4) is 0 Å². The van der Waals surface area contributed by atoms with Crippen LogP contribution in [0.25, 0.3) is 0 Å². The Balaban J connectivity index is 2.21. The number of methoxy groups -OCH3 is 2. The van der Waals surface area contributed by atoms with Crippen molar-refractivity contribution in [2.75, 3.05) is 31.3 Å². The Hall–Kier alpha value is -3.00. The molecule has 162 valence electrons. The summed E-state index contributed by atoms with van der Waals surface area (Å²) in [4.78, 5) is 12.8. The predicted molar refractivity (Wildman–Crippen MR) is 119 cm³/mol. The summed E-state index contributed by atoms with van der Waals surface area (Å²) in [6.07, 6.45) is 3.32. The molecule has 1 atom stereocenters. The Labute approximate surface area is 178 Å². The second-order valence-corrected chi connectivity index (χ2v) is 8.59. The molecule has 30 heavy (non-hydrogen) atoms. The fourth-order valence-electron chi connectivity index (χ4n) is 3.06. The summed E-state index contributed by atoms with van der Waals surface area (Å²) in [6.45, 7) is 5.72. The quantitative estimate of drug-likeness (QED) is 0.581. The number of amides is 1. The lowest BCUT2D eigenvalue weighted by atomic mass is 10.0. The minimum Gasteiger partial charge on any atom is -0.493 e. The van der Waals surface area contributed by atoms with E-state index in [1.165, 1.54) is 10.4 Å². The van der Waals surface area contributed by atoms with Gasteiger partial charge in [-0.15, -0.1) is 6.58 Å². The van der Waals surface area contributed by atoms with Crippen LogP contribution < -0.4 is 19.1 Å². The van der Waals surface area contributed by atoms with Gasteiger partial charge in [0.2, 0.25) is 10.0 Å². The zero-order chi connectivity index (χ0) is 22.3. The summed E-state index contributed by atoms with van der Waals surface area (Å²) in [7, 11) is -0.311. The van der Waals surface area contributed by atoms with Crippen LogP contribution in [0.1, 0.15) is 35.3 Å². The lowest BCUT2D eigenvalue weighted by Crippen LogP contribution is -2.30. The first-order valence-corrected chi connectivity index (χ1v) is 11.3. The third-order valence-electron chi connectivity index (χ3n) is 4.64. The first-order valence-electron chi connectivity index (χ1n) is 9.46. The molecule has 2 aromatic carbocycles. The number of nitrogens with zero attached hydrogens (tertiary/aromatic N) is 1. The number of sulfonamides is 1. The molecule has 0 aliphatic heterocycles. The van der Waals surface area contributed by atoms with Crippen LogP contribution in [0, 0.1) is 0 Å². The van der Waals surface area contributed by atoms with Crippen LogP contribution >= 0.6 is 0 Å². The number of carbonyl (C=O) groups is 1. The highest BCUT2D eigenvalue weighted by Crippen LogP contribution is 2.31. The van der Waals surface area contributed by atoms with Gasteiger partial charge >= 0.3 is 0 Å². The molecule has 0 saturated heterocycles. The molecule has 0 aliphatic carbocycles. The summed E-state index contributed by atoms with van der Waals surface area (Å²) >= 11 is 0. The third-order valence-corrected chi connectivity index (χ3v) is 5.80. The maximum absolute atomic E-state index is 12.8. The molecule has 0 unspecified atom stereocenters. The number of hydrogen-bond acceptors (Lipinski definition) is 5. The highest BCUT2D eigenvalue weighted by atomic mass is 32.2. The van der Waals surface area contributed by atoms with Gasteiger partial charge in [0.25, 0.3) is 5.91 Å². The van der Waals surface area contributed by atoms with Crippen molar-refractivity contribution >= 4 is 21.6 Å². The third kappa shape index (κ3) is 5.54. The van der Waals surface area contributed by atoms with Gasteiger partial charge in [-0.05, 0) is 48.4 Å². The average Bonchev–Trinajstić information content (AvgIpc) is 2.74. The van der Waals surface area contributed by atoms with Crippen molar-refractivity contribution in [3.05, 3.63) is 66.2 Å². The number of rotatable bonds is 10. The molecule has 7 nitrogen and oxygen atoms in total. The molecule has 0 radical (unpaired) electrons. The Kier molecular flexibility index (Phi) is 7.88. The fourth-order valence-corrected chi connectivity index (χ4v) is 3.94. The van der Waals surface area contributed by atoms with Crippen molar-refractivity contribution in [1.82, 2.24) is 5.32 Å². The second-order valence-electron chi connectivity index (χ2n) is 6.68. The Bertz CT molecular complexity index is 987. The fraction of sp³-hybridized carbons (Fsp3) is 0.318. The number of nitrogens with one attached hydrogen (secondary N) is 1. The monoisotopic (exact) mass is 432 g/mol. The van der Waals surface area contributed by atoms with Gasteiger partial charge in [-0.1, -0.05) is 19.1 Å². The number of carbonyl (C=O) groups excluding carboxylic acids is 1. The van der Waals surface area contributed by atoms with Crippen LogP contribution in [0.5, 0.6) is 11.5 Å². The van der Waals surface area contributed by atoms with E-state index >= 15 is 0 Å². The topological polar surface area (TPSA) is 84.9 Å². The Morgan fingerprint density at radius 3 is 2.27 bits per heavy atom. The normalized spacial score (nSPS) is 12.0. The van der Waals surface area contributed by atoms with Crippen molar-refractivity contribution < 1.29 is 22.7 Å². The molecule has 2 aromatic rings. The van der Waals surface area contributed by atoms with Crippen molar-refractivity contribution in [3.63, 3.8) is 0 Å². The molecule has 0 bridgehead atoms. The van der Waals surface area contributed by atoms with E-state index in [-0.39, 0.29) is 18.5 Å². The summed E-state index contributed by atoms with van der Waals surface area (Å²) < 4.78 is 35.7. The standard InChI is InChI=1S/C22H28N2O5S/c1-6-14-24(30(5,26)27)18-11-8-16(9-12-18)22(25)23-19(7-2)17-10-13-20(28-3)21(15-17)29-4/h6,8-13,15,19H,1,7,14H2,2-5H3,(H,23,25)/t19-/m1/s1. The number of hydrogen-bond donors (Lipinski definition) is 1. The maximum Gasteiger partial charge on any atom is 0.251 e. The molecule has 0 fully saturated rings. The molecular formula is C22H28N2O5S.